The zero-order valence-electron chi connectivity index (χ0n) is 13.4. The van der Waals surface area contributed by atoms with Crippen LogP contribution in [0.4, 0.5) is 5.69 Å². The predicted molar refractivity (Wildman–Crippen MR) is 92.9 cm³/mol. The van der Waals surface area contributed by atoms with Gasteiger partial charge in [0.25, 0.3) is 0 Å². The zero-order chi connectivity index (χ0) is 16.1. The molecule has 118 valence electrons. The Balaban J connectivity index is 1.91. The van der Waals surface area contributed by atoms with Gasteiger partial charge in [-0.05, 0) is 24.1 Å². The molecule has 0 fully saturated rings. The number of nitrogens with one attached hydrogen (secondary N) is 1. The van der Waals surface area contributed by atoms with Gasteiger partial charge in [-0.15, -0.1) is 0 Å². The molecule has 23 heavy (non-hydrogen) atoms. The molecule has 0 spiro atoms. The number of rotatable bonds is 6. The highest BCUT2D eigenvalue weighted by molar-refractivity contribution is 5.51. The van der Waals surface area contributed by atoms with Gasteiger partial charge in [-0.2, -0.15) is 0 Å². The van der Waals surface area contributed by atoms with Crippen LogP contribution in [-0.2, 0) is 6.42 Å². The Morgan fingerprint density at radius 2 is 1.96 bits per heavy atom. The number of anilines is 1. The van der Waals surface area contributed by atoms with Crippen LogP contribution in [0.15, 0.2) is 67.0 Å². The number of benzene rings is 2. The van der Waals surface area contributed by atoms with Crippen LogP contribution in [0.25, 0.3) is 0 Å². The molecule has 0 aliphatic heterocycles. The molecule has 0 bridgehead atoms. The first kappa shape index (κ1) is 15.2. The van der Waals surface area contributed by atoms with Crippen LogP contribution < -0.4 is 9.64 Å². The molecule has 4 nitrogen and oxygen atoms in total. The summed E-state index contributed by atoms with van der Waals surface area (Å²) in [5.41, 5.74) is 2.38. The Hall–Kier alpha value is -2.75. The van der Waals surface area contributed by atoms with E-state index in [4.69, 9.17) is 4.74 Å². The van der Waals surface area contributed by atoms with Crippen molar-refractivity contribution in [1.82, 2.24) is 9.97 Å². The van der Waals surface area contributed by atoms with Gasteiger partial charge in [0.2, 0.25) is 0 Å². The third-order valence-electron chi connectivity index (χ3n) is 4.03. The summed E-state index contributed by atoms with van der Waals surface area (Å²) in [6.07, 6.45) is 4.54. The maximum absolute atomic E-state index is 5.34. The SMILES string of the molecule is COc1cccc(N(C)C(Cc2ccccc2)c2ncc[nH]2)c1. The van der Waals surface area contributed by atoms with Gasteiger partial charge in [0.1, 0.15) is 11.6 Å². The Morgan fingerprint density at radius 1 is 1.13 bits per heavy atom. The fraction of sp³-hybridized carbons (Fsp3) is 0.211. The summed E-state index contributed by atoms with van der Waals surface area (Å²) in [6, 6.07) is 18.7. The Kier molecular flexibility index (Phi) is 4.62. The van der Waals surface area contributed by atoms with E-state index in [-0.39, 0.29) is 6.04 Å². The summed E-state index contributed by atoms with van der Waals surface area (Å²) in [7, 11) is 3.78. The lowest BCUT2D eigenvalue weighted by atomic mass is 10.0. The molecule has 0 saturated heterocycles. The minimum Gasteiger partial charge on any atom is -0.497 e. The van der Waals surface area contributed by atoms with E-state index in [9.17, 15) is 0 Å². The molecule has 2 aromatic carbocycles. The van der Waals surface area contributed by atoms with Crippen molar-refractivity contribution in [1.29, 1.82) is 0 Å². The normalized spacial score (nSPS) is 11.9. The highest BCUT2D eigenvalue weighted by Crippen LogP contribution is 2.29. The molecular formula is C19H21N3O. The predicted octanol–water partition coefficient (Wildman–Crippen LogP) is 3.84. The minimum absolute atomic E-state index is 0.125. The van der Waals surface area contributed by atoms with E-state index in [0.717, 1.165) is 23.7 Å². The summed E-state index contributed by atoms with van der Waals surface area (Å²) in [5, 5.41) is 0. The fourth-order valence-electron chi connectivity index (χ4n) is 2.72. The van der Waals surface area contributed by atoms with Gasteiger partial charge in [-0.1, -0.05) is 36.4 Å². The monoisotopic (exact) mass is 307 g/mol. The first-order valence-corrected chi connectivity index (χ1v) is 7.68. The summed E-state index contributed by atoms with van der Waals surface area (Å²) in [5.74, 6) is 1.81. The van der Waals surface area contributed by atoms with Crippen molar-refractivity contribution < 1.29 is 4.74 Å². The molecule has 0 aliphatic carbocycles. The van der Waals surface area contributed by atoms with Crippen molar-refractivity contribution in [2.24, 2.45) is 0 Å². The maximum Gasteiger partial charge on any atom is 0.129 e. The second-order valence-electron chi connectivity index (χ2n) is 5.49. The second kappa shape index (κ2) is 7.01. The van der Waals surface area contributed by atoms with E-state index in [1.165, 1.54) is 5.56 Å². The molecule has 0 radical (unpaired) electrons. The van der Waals surface area contributed by atoms with Crippen molar-refractivity contribution in [2.45, 2.75) is 12.5 Å². The summed E-state index contributed by atoms with van der Waals surface area (Å²) in [4.78, 5) is 9.96. The molecule has 3 aromatic rings. The number of ether oxygens (including phenoxy) is 1. The quantitative estimate of drug-likeness (QED) is 0.752. The number of methoxy groups -OCH3 is 1. The highest BCUT2D eigenvalue weighted by atomic mass is 16.5. The van der Waals surface area contributed by atoms with Gasteiger partial charge in [-0.25, -0.2) is 4.98 Å². The zero-order valence-corrected chi connectivity index (χ0v) is 13.4. The number of H-pyrrole nitrogens is 1. The van der Waals surface area contributed by atoms with Gasteiger partial charge in [0, 0.05) is 31.2 Å². The van der Waals surface area contributed by atoms with Gasteiger partial charge in [0.15, 0.2) is 0 Å². The van der Waals surface area contributed by atoms with Gasteiger partial charge < -0.3 is 14.6 Å². The number of likely N-dealkylation sites (N-methyl/N-ethyl adjacent to an activating group) is 1. The maximum atomic E-state index is 5.34. The smallest absolute Gasteiger partial charge is 0.129 e. The van der Waals surface area contributed by atoms with Crippen LogP contribution in [0.1, 0.15) is 17.4 Å². The molecule has 1 heterocycles. The van der Waals surface area contributed by atoms with Crippen LogP contribution in [0.3, 0.4) is 0 Å². The number of hydrogen-bond donors (Lipinski definition) is 1. The van der Waals surface area contributed by atoms with Crippen molar-refractivity contribution in [3.05, 3.63) is 78.4 Å². The molecule has 1 unspecified atom stereocenters. The van der Waals surface area contributed by atoms with Gasteiger partial charge in [0.05, 0.1) is 13.2 Å². The van der Waals surface area contributed by atoms with Crippen LogP contribution >= 0.6 is 0 Å². The van der Waals surface area contributed by atoms with Crippen molar-refractivity contribution in [3.63, 3.8) is 0 Å². The van der Waals surface area contributed by atoms with E-state index >= 15 is 0 Å². The lowest BCUT2D eigenvalue weighted by Crippen LogP contribution is -2.27. The highest BCUT2D eigenvalue weighted by Gasteiger charge is 2.20. The largest absolute Gasteiger partial charge is 0.497 e. The van der Waals surface area contributed by atoms with Crippen LogP contribution in [0.5, 0.6) is 5.75 Å². The van der Waals surface area contributed by atoms with Crippen molar-refractivity contribution >= 4 is 5.69 Å². The standard InChI is InChI=1S/C19H21N3O/c1-22(16-9-6-10-17(14-16)23-2)18(19-20-11-12-21-19)13-15-7-4-3-5-8-15/h3-12,14,18H,13H2,1-2H3,(H,20,21). The molecule has 0 amide bonds. The minimum atomic E-state index is 0.125. The van der Waals surface area contributed by atoms with Gasteiger partial charge in [-0.3, -0.25) is 0 Å². The lowest BCUT2D eigenvalue weighted by molar-refractivity contribution is 0.414. The van der Waals surface area contributed by atoms with Gasteiger partial charge >= 0.3 is 0 Å². The summed E-state index contributed by atoms with van der Waals surface area (Å²) >= 11 is 0. The fourth-order valence-corrected chi connectivity index (χ4v) is 2.72. The number of aromatic nitrogens is 2. The third kappa shape index (κ3) is 3.54. The second-order valence-corrected chi connectivity index (χ2v) is 5.49. The number of nitrogens with zero attached hydrogens (tertiary/aromatic N) is 2. The average molecular weight is 307 g/mol. The van der Waals surface area contributed by atoms with E-state index < -0.39 is 0 Å². The topological polar surface area (TPSA) is 41.1 Å². The first-order valence-electron chi connectivity index (χ1n) is 7.68. The van der Waals surface area contributed by atoms with E-state index in [1.54, 1.807) is 13.3 Å². The molecule has 4 heteroatoms. The molecule has 1 N–H and O–H groups in total. The third-order valence-corrected chi connectivity index (χ3v) is 4.03. The number of imidazole rings is 1. The molecule has 3 rings (SSSR count). The van der Waals surface area contributed by atoms with Crippen LogP contribution in [0, 0.1) is 0 Å². The average Bonchev–Trinajstić information content (AvgIpc) is 3.14. The van der Waals surface area contributed by atoms with Crippen molar-refractivity contribution in [3.8, 4) is 5.75 Å². The van der Waals surface area contributed by atoms with E-state index in [2.05, 4.69) is 52.2 Å². The van der Waals surface area contributed by atoms with E-state index in [1.807, 2.05) is 30.5 Å². The molecule has 0 aliphatic rings. The Labute approximate surface area is 136 Å². The lowest BCUT2D eigenvalue weighted by Gasteiger charge is -2.29. The molecule has 1 atom stereocenters. The summed E-state index contributed by atoms with van der Waals surface area (Å²) < 4.78 is 5.34. The molecule has 0 saturated carbocycles. The summed E-state index contributed by atoms with van der Waals surface area (Å²) in [6.45, 7) is 0. The molecular weight excluding hydrogens is 286 g/mol. The van der Waals surface area contributed by atoms with E-state index in [0.29, 0.717) is 0 Å². The van der Waals surface area contributed by atoms with Crippen LogP contribution in [0.2, 0.25) is 0 Å². The Bertz CT molecular complexity index is 725. The number of aromatic amines is 1. The molecule has 1 aromatic heterocycles. The Morgan fingerprint density at radius 3 is 2.65 bits per heavy atom. The van der Waals surface area contributed by atoms with Crippen molar-refractivity contribution in [2.75, 3.05) is 19.1 Å². The van der Waals surface area contributed by atoms with Crippen LogP contribution in [-0.4, -0.2) is 24.1 Å². The number of hydrogen-bond acceptors (Lipinski definition) is 3. The first-order chi connectivity index (χ1) is 11.3.